The molecule has 0 radical (unpaired) electrons. The molecule has 0 saturated carbocycles. The number of amides is 2. The van der Waals surface area contributed by atoms with Gasteiger partial charge in [-0.15, -0.1) is 0 Å². The zero-order chi connectivity index (χ0) is 17.5. The highest BCUT2D eigenvalue weighted by Crippen LogP contribution is 2.31. The van der Waals surface area contributed by atoms with E-state index in [-0.39, 0.29) is 12.1 Å². The fourth-order valence-electron chi connectivity index (χ4n) is 2.04. The van der Waals surface area contributed by atoms with Crippen LogP contribution in [0, 0.1) is 0 Å². The number of benzene rings is 1. The number of urea groups is 1. The van der Waals surface area contributed by atoms with Crippen LogP contribution in [-0.2, 0) is 0 Å². The van der Waals surface area contributed by atoms with Crippen LogP contribution in [0.25, 0.3) is 0 Å². The molecule has 0 saturated heterocycles. The second-order valence-corrected chi connectivity index (χ2v) is 5.38. The lowest BCUT2D eigenvalue weighted by Gasteiger charge is -2.12. The van der Waals surface area contributed by atoms with Gasteiger partial charge in [-0.25, -0.2) is 9.78 Å². The topological polar surface area (TPSA) is 84.5 Å². The Morgan fingerprint density at radius 3 is 2.33 bits per heavy atom. The third-order valence-electron chi connectivity index (χ3n) is 3.10. The number of anilines is 3. The van der Waals surface area contributed by atoms with Crippen molar-refractivity contribution in [2.75, 3.05) is 24.9 Å². The summed E-state index contributed by atoms with van der Waals surface area (Å²) in [6.07, 6.45) is 1.64. The van der Waals surface area contributed by atoms with Crippen LogP contribution in [0.4, 0.5) is 22.0 Å². The summed E-state index contributed by atoms with van der Waals surface area (Å²) in [4.78, 5) is 15.8. The summed E-state index contributed by atoms with van der Waals surface area (Å²) in [5.74, 6) is 1.78. The lowest BCUT2D eigenvalue weighted by Crippen LogP contribution is -2.34. The first-order valence-electron chi connectivity index (χ1n) is 7.54. The molecule has 7 heteroatoms. The van der Waals surface area contributed by atoms with Crippen LogP contribution in [-0.4, -0.2) is 31.3 Å². The number of hydrogen-bond donors (Lipinski definition) is 3. The van der Waals surface area contributed by atoms with Gasteiger partial charge in [-0.1, -0.05) is 0 Å². The standard InChI is InChI=1S/C17H22N4O3/c1-11(2)19-17(22)21-16-8-6-13(10-18-16)20-12-5-7-14(23-3)15(9-12)24-4/h5-11,20H,1-4H3,(H2,18,19,21,22). The maximum atomic E-state index is 11.6. The fourth-order valence-corrected chi connectivity index (χ4v) is 2.04. The number of nitrogens with one attached hydrogen (secondary N) is 3. The van der Waals surface area contributed by atoms with Gasteiger partial charge in [0, 0.05) is 17.8 Å². The molecule has 3 N–H and O–H groups in total. The molecule has 0 aliphatic carbocycles. The average Bonchev–Trinajstić information content (AvgIpc) is 2.55. The molecule has 0 unspecified atom stereocenters. The van der Waals surface area contributed by atoms with Gasteiger partial charge in [-0.3, -0.25) is 5.32 Å². The molecule has 24 heavy (non-hydrogen) atoms. The van der Waals surface area contributed by atoms with Crippen molar-refractivity contribution in [2.24, 2.45) is 0 Å². The highest BCUT2D eigenvalue weighted by Gasteiger charge is 2.06. The molecule has 0 atom stereocenters. The summed E-state index contributed by atoms with van der Waals surface area (Å²) in [7, 11) is 3.18. The van der Waals surface area contributed by atoms with Gasteiger partial charge in [-0.2, -0.15) is 0 Å². The van der Waals surface area contributed by atoms with Crippen molar-refractivity contribution in [3.63, 3.8) is 0 Å². The molecule has 2 aromatic rings. The highest BCUT2D eigenvalue weighted by molar-refractivity contribution is 5.88. The van der Waals surface area contributed by atoms with Crippen LogP contribution >= 0.6 is 0 Å². The van der Waals surface area contributed by atoms with E-state index in [1.807, 2.05) is 38.1 Å². The zero-order valence-corrected chi connectivity index (χ0v) is 14.2. The molecule has 1 heterocycles. The van der Waals surface area contributed by atoms with Gasteiger partial charge < -0.3 is 20.1 Å². The summed E-state index contributed by atoms with van der Waals surface area (Å²) < 4.78 is 10.5. The van der Waals surface area contributed by atoms with E-state index in [2.05, 4.69) is 20.9 Å². The summed E-state index contributed by atoms with van der Waals surface area (Å²) in [5.41, 5.74) is 1.63. The van der Waals surface area contributed by atoms with Crippen molar-refractivity contribution in [3.8, 4) is 11.5 Å². The van der Waals surface area contributed by atoms with Crippen LogP contribution in [0.3, 0.4) is 0 Å². The predicted octanol–water partition coefficient (Wildman–Crippen LogP) is 3.37. The van der Waals surface area contributed by atoms with Crippen LogP contribution in [0.2, 0.25) is 0 Å². The number of pyridine rings is 1. The van der Waals surface area contributed by atoms with Gasteiger partial charge in [0.15, 0.2) is 11.5 Å². The molecular formula is C17H22N4O3. The molecule has 1 aromatic heterocycles. The van der Waals surface area contributed by atoms with E-state index in [1.165, 1.54) is 0 Å². The van der Waals surface area contributed by atoms with E-state index in [9.17, 15) is 4.79 Å². The summed E-state index contributed by atoms with van der Waals surface area (Å²) in [6.45, 7) is 3.78. The van der Waals surface area contributed by atoms with Crippen molar-refractivity contribution in [2.45, 2.75) is 19.9 Å². The Balaban J connectivity index is 2.02. The monoisotopic (exact) mass is 330 g/mol. The maximum Gasteiger partial charge on any atom is 0.320 e. The minimum absolute atomic E-state index is 0.0657. The van der Waals surface area contributed by atoms with E-state index in [0.29, 0.717) is 17.3 Å². The van der Waals surface area contributed by atoms with E-state index in [1.54, 1.807) is 26.5 Å². The van der Waals surface area contributed by atoms with Gasteiger partial charge in [0.1, 0.15) is 5.82 Å². The first kappa shape index (κ1) is 17.4. The largest absolute Gasteiger partial charge is 0.493 e. The second kappa shape index (κ2) is 8.05. The van der Waals surface area contributed by atoms with Gasteiger partial charge in [0.05, 0.1) is 26.1 Å². The Labute approximate surface area is 141 Å². The van der Waals surface area contributed by atoms with E-state index >= 15 is 0 Å². The van der Waals surface area contributed by atoms with Crippen molar-refractivity contribution >= 4 is 23.2 Å². The molecule has 2 rings (SSSR count). The number of aromatic nitrogens is 1. The molecule has 0 spiro atoms. The Kier molecular flexibility index (Phi) is 5.83. The first-order valence-corrected chi connectivity index (χ1v) is 7.54. The highest BCUT2D eigenvalue weighted by atomic mass is 16.5. The lowest BCUT2D eigenvalue weighted by atomic mass is 10.2. The van der Waals surface area contributed by atoms with Gasteiger partial charge in [-0.05, 0) is 38.1 Å². The molecule has 0 fully saturated rings. The first-order chi connectivity index (χ1) is 11.5. The number of rotatable bonds is 6. The maximum absolute atomic E-state index is 11.6. The van der Waals surface area contributed by atoms with E-state index in [0.717, 1.165) is 11.4 Å². The minimum atomic E-state index is -0.280. The molecule has 7 nitrogen and oxygen atoms in total. The smallest absolute Gasteiger partial charge is 0.320 e. The Bertz CT molecular complexity index is 687. The number of carbonyl (C=O) groups is 1. The second-order valence-electron chi connectivity index (χ2n) is 5.38. The SMILES string of the molecule is COc1ccc(Nc2ccc(NC(=O)NC(C)C)nc2)cc1OC. The minimum Gasteiger partial charge on any atom is -0.493 e. The average molecular weight is 330 g/mol. The molecule has 0 aliphatic heterocycles. The quantitative estimate of drug-likeness (QED) is 0.756. The van der Waals surface area contributed by atoms with Crippen LogP contribution in [0.5, 0.6) is 11.5 Å². The Hall–Kier alpha value is -2.96. The number of ether oxygens (including phenoxy) is 2. The number of hydrogen-bond acceptors (Lipinski definition) is 5. The number of methoxy groups -OCH3 is 2. The van der Waals surface area contributed by atoms with Crippen molar-refractivity contribution in [1.82, 2.24) is 10.3 Å². The summed E-state index contributed by atoms with van der Waals surface area (Å²) in [6, 6.07) is 8.87. The fraction of sp³-hybridized carbons (Fsp3) is 0.294. The molecule has 0 bridgehead atoms. The van der Waals surface area contributed by atoms with Crippen LogP contribution in [0.1, 0.15) is 13.8 Å². The zero-order valence-electron chi connectivity index (χ0n) is 14.2. The Morgan fingerprint density at radius 1 is 1.04 bits per heavy atom. The van der Waals surface area contributed by atoms with E-state index in [4.69, 9.17) is 9.47 Å². The van der Waals surface area contributed by atoms with Crippen LogP contribution in [0.15, 0.2) is 36.5 Å². The predicted molar refractivity (Wildman–Crippen MR) is 94.4 cm³/mol. The van der Waals surface area contributed by atoms with E-state index < -0.39 is 0 Å². The van der Waals surface area contributed by atoms with Gasteiger partial charge in [0.25, 0.3) is 0 Å². The van der Waals surface area contributed by atoms with Crippen molar-refractivity contribution in [3.05, 3.63) is 36.5 Å². The summed E-state index contributed by atoms with van der Waals surface area (Å²) in [5, 5.41) is 8.63. The number of nitrogens with zero attached hydrogens (tertiary/aromatic N) is 1. The molecule has 128 valence electrons. The number of carbonyl (C=O) groups excluding carboxylic acids is 1. The third-order valence-corrected chi connectivity index (χ3v) is 3.10. The molecule has 2 amide bonds. The summed E-state index contributed by atoms with van der Waals surface area (Å²) >= 11 is 0. The van der Waals surface area contributed by atoms with Crippen LogP contribution < -0.4 is 25.4 Å². The molecular weight excluding hydrogens is 308 g/mol. The molecule has 0 aliphatic rings. The van der Waals surface area contributed by atoms with Crippen molar-refractivity contribution < 1.29 is 14.3 Å². The normalized spacial score (nSPS) is 10.2. The lowest BCUT2D eigenvalue weighted by molar-refractivity contribution is 0.250. The molecule has 1 aromatic carbocycles. The van der Waals surface area contributed by atoms with Crippen molar-refractivity contribution in [1.29, 1.82) is 0 Å². The van der Waals surface area contributed by atoms with Gasteiger partial charge in [0.2, 0.25) is 0 Å². The third kappa shape index (κ3) is 4.77. The Morgan fingerprint density at radius 2 is 1.75 bits per heavy atom. The van der Waals surface area contributed by atoms with Gasteiger partial charge >= 0.3 is 6.03 Å².